The maximum Gasteiger partial charge on any atom is 0.131 e. The van der Waals surface area contributed by atoms with Crippen LogP contribution >= 0.6 is 0 Å². The second-order valence-electron chi connectivity index (χ2n) is 6.20. The Hall–Kier alpha value is -1.09. The van der Waals surface area contributed by atoms with Crippen molar-refractivity contribution in [2.45, 2.75) is 59.0 Å². The monoisotopic (exact) mass is 275 g/mol. The van der Waals surface area contributed by atoms with Crippen molar-refractivity contribution in [3.8, 4) is 0 Å². The van der Waals surface area contributed by atoms with Crippen LogP contribution in [0.15, 0.2) is 12.3 Å². The van der Waals surface area contributed by atoms with Crippen LogP contribution in [0.4, 0.5) is 5.82 Å². The molecule has 1 N–H and O–H groups in total. The van der Waals surface area contributed by atoms with Crippen LogP contribution in [-0.2, 0) is 6.54 Å². The van der Waals surface area contributed by atoms with Gasteiger partial charge in [0.15, 0.2) is 0 Å². The van der Waals surface area contributed by atoms with Gasteiger partial charge in [-0.3, -0.25) is 0 Å². The molecule has 0 bridgehead atoms. The fourth-order valence-electron chi connectivity index (χ4n) is 3.39. The third kappa shape index (κ3) is 3.51. The molecular formula is C17H29N3. The van der Waals surface area contributed by atoms with Gasteiger partial charge >= 0.3 is 0 Å². The molecule has 1 heterocycles. The fraction of sp³-hybridized carbons (Fsp3) is 0.706. The van der Waals surface area contributed by atoms with Crippen molar-refractivity contribution < 1.29 is 0 Å². The number of pyridine rings is 1. The zero-order chi connectivity index (χ0) is 14.5. The highest BCUT2D eigenvalue weighted by Gasteiger charge is 2.26. The predicted octanol–water partition coefficient (Wildman–Crippen LogP) is 3.51. The van der Waals surface area contributed by atoms with E-state index < -0.39 is 0 Å². The van der Waals surface area contributed by atoms with Gasteiger partial charge in [-0.1, -0.05) is 26.7 Å². The van der Waals surface area contributed by atoms with Gasteiger partial charge < -0.3 is 10.2 Å². The Morgan fingerprint density at radius 3 is 2.75 bits per heavy atom. The molecule has 20 heavy (non-hydrogen) atoms. The average molecular weight is 275 g/mol. The summed E-state index contributed by atoms with van der Waals surface area (Å²) in [5, 5.41) is 3.36. The van der Waals surface area contributed by atoms with E-state index in [4.69, 9.17) is 4.98 Å². The van der Waals surface area contributed by atoms with Gasteiger partial charge in [-0.2, -0.15) is 0 Å². The Kier molecular flexibility index (Phi) is 5.41. The first-order valence-electron chi connectivity index (χ1n) is 8.02. The number of aryl methyl sites for hydroxylation is 1. The Bertz CT molecular complexity index is 430. The van der Waals surface area contributed by atoms with Gasteiger partial charge in [0.2, 0.25) is 0 Å². The molecule has 3 heteroatoms. The van der Waals surface area contributed by atoms with Crippen molar-refractivity contribution in [1.82, 2.24) is 10.3 Å². The van der Waals surface area contributed by atoms with E-state index in [9.17, 15) is 0 Å². The molecule has 1 saturated carbocycles. The quantitative estimate of drug-likeness (QED) is 0.891. The van der Waals surface area contributed by atoms with Crippen LogP contribution in [-0.4, -0.2) is 24.6 Å². The Balaban J connectivity index is 2.11. The lowest BCUT2D eigenvalue weighted by atomic mass is 9.85. The molecule has 1 aromatic heterocycles. The number of nitrogens with one attached hydrogen (secondary N) is 1. The number of rotatable bonds is 5. The lowest BCUT2D eigenvalue weighted by Crippen LogP contribution is -2.39. The zero-order valence-corrected chi connectivity index (χ0v) is 13.4. The molecule has 1 aliphatic rings. The van der Waals surface area contributed by atoms with Crippen LogP contribution in [0.25, 0.3) is 0 Å². The first kappa shape index (κ1) is 15.3. The highest BCUT2D eigenvalue weighted by atomic mass is 15.2. The minimum absolute atomic E-state index is 0.648. The molecule has 2 unspecified atom stereocenters. The van der Waals surface area contributed by atoms with E-state index in [2.05, 4.69) is 44.1 Å². The molecule has 0 radical (unpaired) electrons. The van der Waals surface area contributed by atoms with Gasteiger partial charge in [0, 0.05) is 25.8 Å². The first-order chi connectivity index (χ1) is 9.63. The number of aromatic nitrogens is 1. The number of hydrogen-bond donors (Lipinski definition) is 1. The molecule has 0 saturated heterocycles. The molecule has 0 aliphatic heterocycles. The predicted molar refractivity (Wildman–Crippen MR) is 86.2 cm³/mol. The van der Waals surface area contributed by atoms with E-state index in [1.807, 2.05) is 6.20 Å². The zero-order valence-electron chi connectivity index (χ0n) is 13.4. The summed E-state index contributed by atoms with van der Waals surface area (Å²) in [6.45, 7) is 8.61. The van der Waals surface area contributed by atoms with Crippen molar-refractivity contribution in [2.75, 3.05) is 18.5 Å². The molecule has 3 nitrogen and oxygen atoms in total. The van der Waals surface area contributed by atoms with E-state index in [-0.39, 0.29) is 0 Å². The third-order valence-corrected chi connectivity index (χ3v) is 4.58. The van der Waals surface area contributed by atoms with Crippen molar-refractivity contribution in [3.63, 3.8) is 0 Å². The summed E-state index contributed by atoms with van der Waals surface area (Å²) in [5.74, 6) is 1.93. The van der Waals surface area contributed by atoms with Gasteiger partial charge in [0.1, 0.15) is 5.82 Å². The molecule has 1 fully saturated rings. The van der Waals surface area contributed by atoms with Crippen LogP contribution in [0.5, 0.6) is 0 Å². The largest absolute Gasteiger partial charge is 0.356 e. The van der Waals surface area contributed by atoms with Gasteiger partial charge in [-0.05, 0) is 49.4 Å². The van der Waals surface area contributed by atoms with Gasteiger partial charge in [-0.25, -0.2) is 4.98 Å². The van der Waals surface area contributed by atoms with Crippen LogP contribution in [0.1, 0.15) is 50.7 Å². The molecule has 0 spiro atoms. The van der Waals surface area contributed by atoms with Crippen molar-refractivity contribution in [3.05, 3.63) is 23.4 Å². The molecule has 0 aromatic carbocycles. The second-order valence-corrected chi connectivity index (χ2v) is 6.20. The van der Waals surface area contributed by atoms with Gasteiger partial charge in [0.05, 0.1) is 0 Å². The van der Waals surface area contributed by atoms with Crippen LogP contribution in [0.3, 0.4) is 0 Å². The second kappa shape index (κ2) is 7.07. The lowest BCUT2D eigenvalue weighted by molar-refractivity contribution is 0.320. The van der Waals surface area contributed by atoms with Crippen molar-refractivity contribution >= 4 is 5.82 Å². The Labute approximate surface area is 123 Å². The first-order valence-corrected chi connectivity index (χ1v) is 8.02. The molecule has 2 rings (SSSR count). The average Bonchev–Trinajstić information content (AvgIpc) is 2.45. The SMILES string of the molecule is CCNCc1cnc(N(C)C2CCCCC2C)c(C)c1. The summed E-state index contributed by atoms with van der Waals surface area (Å²) in [5.41, 5.74) is 2.57. The van der Waals surface area contributed by atoms with E-state index in [1.165, 1.54) is 36.8 Å². The van der Waals surface area contributed by atoms with Gasteiger partial charge in [0.25, 0.3) is 0 Å². The van der Waals surface area contributed by atoms with E-state index in [0.29, 0.717) is 6.04 Å². The molecular weight excluding hydrogens is 246 g/mol. The van der Waals surface area contributed by atoms with E-state index in [0.717, 1.165) is 24.8 Å². The standard InChI is InChI=1S/C17H29N3/c1-5-18-11-15-10-14(3)17(19-12-15)20(4)16-9-7-6-8-13(16)2/h10,12-13,16,18H,5-9,11H2,1-4H3. The number of nitrogens with zero attached hydrogens (tertiary/aromatic N) is 2. The molecule has 0 amide bonds. The topological polar surface area (TPSA) is 28.2 Å². The normalized spacial score (nSPS) is 22.8. The van der Waals surface area contributed by atoms with E-state index >= 15 is 0 Å². The summed E-state index contributed by atoms with van der Waals surface area (Å²) in [6.07, 6.45) is 7.43. The van der Waals surface area contributed by atoms with Crippen LogP contribution in [0, 0.1) is 12.8 Å². The van der Waals surface area contributed by atoms with Crippen LogP contribution < -0.4 is 10.2 Å². The summed E-state index contributed by atoms with van der Waals surface area (Å²) in [4.78, 5) is 7.14. The maximum absolute atomic E-state index is 4.73. The van der Waals surface area contributed by atoms with E-state index in [1.54, 1.807) is 0 Å². The summed E-state index contributed by atoms with van der Waals surface area (Å²) in [7, 11) is 2.21. The van der Waals surface area contributed by atoms with Crippen molar-refractivity contribution in [2.24, 2.45) is 5.92 Å². The molecule has 1 aromatic rings. The Morgan fingerprint density at radius 1 is 1.35 bits per heavy atom. The van der Waals surface area contributed by atoms with Crippen LogP contribution in [0.2, 0.25) is 0 Å². The lowest BCUT2D eigenvalue weighted by Gasteiger charge is -2.37. The van der Waals surface area contributed by atoms with Crippen molar-refractivity contribution in [1.29, 1.82) is 0 Å². The highest BCUT2D eigenvalue weighted by molar-refractivity contribution is 5.47. The summed E-state index contributed by atoms with van der Waals surface area (Å²) < 4.78 is 0. The smallest absolute Gasteiger partial charge is 0.131 e. The fourth-order valence-corrected chi connectivity index (χ4v) is 3.39. The highest BCUT2D eigenvalue weighted by Crippen LogP contribution is 2.30. The maximum atomic E-state index is 4.73. The summed E-state index contributed by atoms with van der Waals surface area (Å²) >= 11 is 0. The van der Waals surface area contributed by atoms with Gasteiger partial charge in [-0.15, -0.1) is 0 Å². The molecule has 1 aliphatic carbocycles. The summed E-state index contributed by atoms with van der Waals surface area (Å²) in [6, 6.07) is 2.92. The third-order valence-electron chi connectivity index (χ3n) is 4.58. The Morgan fingerprint density at radius 2 is 2.10 bits per heavy atom. The molecule has 112 valence electrons. The molecule has 2 atom stereocenters. The minimum Gasteiger partial charge on any atom is -0.356 e. The minimum atomic E-state index is 0.648. The number of anilines is 1. The number of hydrogen-bond acceptors (Lipinski definition) is 3.